The molecule has 1 aromatic carbocycles. The molecule has 4 N–H and O–H groups in total. The van der Waals surface area contributed by atoms with E-state index < -0.39 is 23.7 Å². The zero-order chi connectivity index (χ0) is 30.9. The fourth-order valence-corrected chi connectivity index (χ4v) is 6.14. The lowest BCUT2D eigenvalue weighted by Crippen LogP contribution is -2.49. The number of urea groups is 1. The summed E-state index contributed by atoms with van der Waals surface area (Å²) in [6, 6.07) is 5.53. The Bertz CT molecular complexity index is 1280. The van der Waals surface area contributed by atoms with Gasteiger partial charge in [-0.05, 0) is 49.3 Å². The lowest BCUT2D eigenvalue weighted by atomic mass is 9.89. The van der Waals surface area contributed by atoms with Crippen LogP contribution >= 0.6 is 0 Å². The molecule has 3 aliphatic rings. The number of aliphatic carboxylic acids is 1. The van der Waals surface area contributed by atoms with Crippen LogP contribution in [0.5, 0.6) is 0 Å². The van der Waals surface area contributed by atoms with Gasteiger partial charge in [0.15, 0.2) is 11.6 Å². The van der Waals surface area contributed by atoms with E-state index >= 15 is 4.39 Å². The first kappa shape index (κ1) is 31.4. The van der Waals surface area contributed by atoms with Gasteiger partial charge in [-0.15, -0.1) is 0 Å². The van der Waals surface area contributed by atoms with E-state index in [0.29, 0.717) is 69.4 Å². The summed E-state index contributed by atoms with van der Waals surface area (Å²) in [5, 5.41) is 18.6. The number of amides is 3. The van der Waals surface area contributed by atoms with Crippen molar-refractivity contribution in [3.05, 3.63) is 42.0 Å². The number of rotatable bonds is 10. The van der Waals surface area contributed by atoms with E-state index in [4.69, 9.17) is 4.74 Å². The molecule has 5 rings (SSSR count). The van der Waals surface area contributed by atoms with Gasteiger partial charge in [0.2, 0.25) is 11.7 Å². The third-order valence-corrected chi connectivity index (χ3v) is 8.70. The van der Waals surface area contributed by atoms with Crippen molar-refractivity contribution in [1.82, 2.24) is 20.2 Å². The van der Waals surface area contributed by atoms with E-state index in [1.54, 1.807) is 34.1 Å². The van der Waals surface area contributed by atoms with E-state index in [0.717, 1.165) is 12.8 Å². The van der Waals surface area contributed by atoms with Gasteiger partial charge in [0.1, 0.15) is 12.4 Å². The Morgan fingerprint density at radius 2 is 1.75 bits per heavy atom. The number of piperidine rings is 1. The van der Waals surface area contributed by atoms with Crippen LogP contribution in [-0.4, -0.2) is 89.9 Å². The Labute approximate surface area is 256 Å². The van der Waals surface area contributed by atoms with E-state index in [2.05, 4.69) is 25.9 Å². The lowest BCUT2D eigenvalue weighted by molar-refractivity contribution is -0.142. The summed E-state index contributed by atoms with van der Waals surface area (Å²) in [5.41, 5.74) is 1.29. The van der Waals surface area contributed by atoms with E-state index in [1.807, 2.05) is 0 Å². The largest absolute Gasteiger partial charge is 0.480 e. The maximum absolute atomic E-state index is 15.5. The first-order valence-corrected chi connectivity index (χ1v) is 15.6. The highest BCUT2D eigenvalue weighted by Crippen LogP contribution is 2.28. The molecule has 1 aromatic heterocycles. The van der Waals surface area contributed by atoms with E-state index in [-0.39, 0.29) is 36.5 Å². The van der Waals surface area contributed by atoms with Crippen LogP contribution in [0.3, 0.4) is 0 Å². The third kappa shape index (κ3) is 8.34. The zero-order valence-electron chi connectivity index (χ0n) is 25.0. The molecule has 3 heterocycles. The molecule has 0 bridgehead atoms. The number of carboxylic acid groups (broad SMARTS) is 1. The molecule has 0 radical (unpaired) electrons. The van der Waals surface area contributed by atoms with Crippen molar-refractivity contribution in [2.75, 3.05) is 61.5 Å². The minimum Gasteiger partial charge on any atom is -0.480 e. The standard InChI is InChI=1S/C31H42FN7O5/c32-26-27(33-18-22-5-2-1-3-6-22)34-20-35-28(26)39-12-4-7-23(19-39)29(40)37-25(30(41)42)17-21-8-10-24(11-9-21)36-31(43)38-13-15-44-16-14-38/h8-11,20,22-23,25H,1-7,12-19H2,(H,36,43)(H,37,40)(H,41,42)(H,33,34,35)/t23?,25-/m0/s1. The molecule has 0 spiro atoms. The Hall–Kier alpha value is -4.00. The number of benzene rings is 1. The van der Waals surface area contributed by atoms with Gasteiger partial charge in [-0.2, -0.15) is 4.39 Å². The number of nitrogens with one attached hydrogen (secondary N) is 3. The number of ether oxygens (including phenoxy) is 1. The molecular weight excluding hydrogens is 569 g/mol. The predicted octanol–water partition coefficient (Wildman–Crippen LogP) is 3.50. The van der Waals surface area contributed by atoms with Gasteiger partial charge in [0, 0.05) is 44.8 Å². The number of morpholine rings is 1. The first-order valence-electron chi connectivity index (χ1n) is 15.6. The summed E-state index contributed by atoms with van der Waals surface area (Å²) in [6.45, 7) is 3.49. The molecule has 2 saturated heterocycles. The minimum absolute atomic E-state index is 0.0752. The van der Waals surface area contributed by atoms with Crippen molar-refractivity contribution in [2.24, 2.45) is 11.8 Å². The fourth-order valence-electron chi connectivity index (χ4n) is 6.14. The van der Waals surface area contributed by atoms with Crippen LogP contribution in [-0.2, 0) is 20.7 Å². The molecule has 1 saturated carbocycles. The smallest absolute Gasteiger partial charge is 0.326 e. The Kier molecular flexibility index (Phi) is 10.8. The van der Waals surface area contributed by atoms with Crippen LogP contribution in [0.4, 0.5) is 26.5 Å². The SMILES string of the molecule is O=C(N[C@@H](Cc1ccc(NC(=O)N2CCOCC2)cc1)C(=O)O)C1CCCN(c2ncnc(NCC3CCCCC3)c2F)C1. The monoisotopic (exact) mass is 611 g/mol. The molecule has 13 heteroatoms. The van der Waals surface area contributed by atoms with Crippen LogP contribution in [0.15, 0.2) is 30.6 Å². The minimum atomic E-state index is -1.15. The molecule has 2 aromatic rings. The highest BCUT2D eigenvalue weighted by atomic mass is 19.1. The third-order valence-electron chi connectivity index (χ3n) is 8.70. The van der Waals surface area contributed by atoms with E-state index in [1.165, 1.54) is 25.6 Å². The van der Waals surface area contributed by atoms with Crippen molar-refractivity contribution >= 4 is 35.2 Å². The molecule has 1 unspecified atom stereocenters. The van der Waals surface area contributed by atoms with Crippen LogP contribution < -0.4 is 20.9 Å². The molecular formula is C31H42FN7O5. The number of anilines is 3. The second kappa shape index (κ2) is 15.1. The molecule has 2 aliphatic heterocycles. The summed E-state index contributed by atoms with van der Waals surface area (Å²) in [5.74, 6) is -1.75. The second-order valence-electron chi connectivity index (χ2n) is 11.9. The first-order chi connectivity index (χ1) is 21.4. The topological polar surface area (TPSA) is 149 Å². The highest BCUT2D eigenvalue weighted by Gasteiger charge is 2.31. The van der Waals surface area contributed by atoms with Crippen LogP contribution in [0, 0.1) is 17.7 Å². The van der Waals surface area contributed by atoms with Gasteiger partial charge >= 0.3 is 12.0 Å². The van der Waals surface area contributed by atoms with Gasteiger partial charge in [0.25, 0.3) is 0 Å². The number of halogens is 1. The predicted molar refractivity (Wildman–Crippen MR) is 163 cm³/mol. The highest BCUT2D eigenvalue weighted by molar-refractivity contribution is 5.89. The number of hydrogen-bond donors (Lipinski definition) is 4. The summed E-state index contributed by atoms with van der Waals surface area (Å²) in [7, 11) is 0. The Balaban J connectivity index is 1.15. The maximum Gasteiger partial charge on any atom is 0.326 e. The number of aromatic nitrogens is 2. The summed E-state index contributed by atoms with van der Waals surface area (Å²) < 4.78 is 20.7. The number of nitrogens with zero attached hydrogens (tertiary/aromatic N) is 4. The van der Waals surface area contributed by atoms with Crippen LogP contribution in [0.2, 0.25) is 0 Å². The van der Waals surface area contributed by atoms with Crippen LogP contribution in [0.1, 0.15) is 50.5 Å². The Morgan fingerprint density at radius 1 is 1.00 bits per heavy atom. The quantitative estimate of drug-likeness (QED) is 0.317. The van der Waals surface area contributed by atoms with Gasteiger partial charge < -0.3 is 35.6 Å². The summed E-state index contributed by atoms with van der Waals surface area (Å²) in [4.78, 5) is 49.5. The average molecular weight is 612 g/mol. The molecule has 1 aliphatic carbocycles. The number of hydrogen-bond acceptors (Lipinski definition) is 8. The van der Waals surface area contributed by atoms with Gasteiger partial charge in [0.05, 0.1) is 19.1 Å². The van der Waals surface area contributed by atoms with Crippen molar-refractivity contribution in [2.45, 2.75) is 57.4 Å². The van der Waals surface area contributed by atoms with Gasteiger partial charge in [-0.25, -0.2) is 19.6 Å². The van der Waals surface area contributed by atoms with E-state index in [9.17, 15) is 19.5 Å². The van der Waals surface area contributed by atoms with Crippen molar-refractivity contribution in [1.29, 1.82) is 0 Å². The molecule has 44 heavy (non-hydrogen) atoms. The maximum atomic E-state index is 15.5. The summed E-state index contributed by atoms with van der Waals surface area (Å²) in [6.07, 6.45) is 8.53. The molecule has 3 fully saturated rings. The molecule has 238 valence electrons. The van der Waals surface area contributed by atoms with Crippen molar-refractivity contribution in [3.63, 3.8) is 0 Å². The van der Waals surface area contributed by atoms with Crippen molar-refractivity contribution < 1.29 is 28.6 Å². The normalized spacial score (nSPS) is 20.1. The number of carbonyl (C=O) groups is 3. The number of carbonyl (C=O) groups excluding carboxylic acids is 2. The fraction of sp³-hybridized carbons (Fsp3) is 0.581. The van der Waals surface area contributed by atoms with Crippen molar-refractivity contribution in [3.8, 4) is 0 Å². The Morgan fingerprint density at radius 3 is 2.48 bits per heavy atom. The molecule has 3 amide bonds. The number of carboxylic acids is 1. The van der Waals surface area contributed by atoms with Gasteiger partial charge in [-0.3, -0.25) is 4.79 Å². The van der Waals surface area contributed by atoms with Crippen LogP contribution in [0.25, 0.3) is 0 Å². The molecule has 12 nitrogen and oxygen atoms in total. The zero-order valence-corrected chi connectivity index (χ0v) is 25.0. The second-order valence-corrected chi connectivity index (χ2v) is 11.9. The summed E-state index contributed by atoms with van der Waals surface area (Å²) >= 11 is 0. The average Bonchev–Trinajstić information content (AvgIpc) is 3.05. The molecule has 2 atom stereocenters. The van der Waals surface area contributed by atoms with Gasteiger partial charge in [-0.1, -0.05) is 31.4 Å². The lowest BCUT2D eigenvalue weighted by Gasteiger charge is -2.33.